The number of nitrogens with two attached hydrogens (primary N) is 1. The third kappa shape index (κ3) is 3.34. The Morgan fingerprint density at radius 3 is 2.52 bits per heavy atom. The summed E-state index contributed by atoms with van der Waals surface area (Å²) in [6, 6.07) is 8.84. The first-order chi connectivity index (χ1) is 10.0. The van der Waals surface area contributed by atoms with Crippen molar-refractivity contribution in [2.75, 3.05) is 0 Å². The Bertz CT molecular complexity index is 702. The fourth-order valence-electron chi connectivity index (χ4n) is 1.64. The molecule has 0 radical (unpaired) electrons. The average Bonchev–Trinajstić information content (AvgIpc) is 2.46. The number of benzene rings is 2. The first kappa shape index (κ1) is 14.5. The molecule has 0 atom stereocenters. The second kappa shape index (κ2) is 6.02. The van der Waals surface area contributed by atoms with Gasteiger partial charge in [0.1, 0.15) is 22.9 Å². The summed E-state index contributed by atoms with van der Waals surface area (Å²) in [5, 5.41) is 9.14. The maximum absolute atomic E-state index is 13.1. The van der Waals surface area contributed by atoms with E-state index in [0.29, 0.717) is 0 Å². The molecule has 0 heterocycles. The number of halogens is 1. The zero-order valence-corrected chi connectivity index (χ0v) is 10.6. The van der Waals surface area contributed by atoms with E-state index in [1.165, 1.54) is 30.3 Å². The molecule has 0 bridgehead atoms. The van der Waals surface area contributed by atoms with Gasteiger partial charge in [-0.3, -0.25) is 0 Å². The highest BCUT2D eigenvalue weighted by Crippen LogP contribution is 2.27. The lowest BCUT2D eigenvalue weighted by Gasteiger charge is -2.09. The van der Waals surface area contributed by atoms with E-state index in [-0.39, 0.29) is 22.6 Å². The molecular formula is C14H10FNO5. The molecule has 6 nitrogen and oxygen atoms in total. The number of rotatable bonds is 4. The molecule has 3 N–H and O–H groups in total. The van der Waals surface area contributed by atoms with Crippen LogP contribution < -0.4 is 10.6 Å². The molecule has 2 rings (SSSR count). The predicted octanol–water partition coefficient (Wildman–Crippen LogP) is 2.35. The largest absolute Gasteiger partial charge is 0.478 e. The number of hydrogen-bond donors (Lipinski definition) is 2. The van der Waals surface area contributed by atoms with Crippen LogP contribution in [0.1, 0.15) is 20.7 Å². The molecule has 0 aliphatic carbocycles. The number of aromatic carboxylic acids is 1. The van der Waals surface area contributed by atoms with Crippen molar-refractivity contribution in [3.05, 3.63) is 59.4 Å². The second-order valence-corrected chi connectivity index (χ2v) is 3.98. The van der Waals surface area contributed by atoms with Crippen LogP contribution in [0.15, 0.2) is 42.5 Å². The SMILES string of the molecule is NOC(=O)c1ccc(Oc2cccc(F)c2)c(C(=O)O)c1. The Morgan fingerprint density at radius 2 is 1.90 bits per heavy atom. The van der Waals surface area contributed by atoms with Crippen LogP contribution in [0.4, 0.5) is 4.39 Å². The van der Waals surface area contributed by atoms with Gasteiger partial charge in [-0.1, -0.05) is 6.07 Å². The standard InChI is InChI=1S/C14H10FNO5/c15-9-2-1-3-10(7-9)20-12-5-4-8(14(19)21-16)6-11(12)13(17)18/h1-7H,16H2,(H,17,18). The number of hydrogen-bond acceptors (Lipinski definition) is 5. The molecule has 0 aliphatic rings. The van der Waals surface area contributed by atoms with Gasteiger partial charge in [0.25, 0.3) is 0 Å². The van der Waals surface area contributed by atoms with Gasteiger partial charge in [0.2, 0.25) is 0 Å². The maximum atomic E-state index is 13.1. The number of carbonyl (C=O) groups is 2. The molecule has 0 aliphatic heterocycles. The third-order valence-electron chi connectivity index (χ3n) is 2.58. The van der Waals surface area contributed by atoms with Gasteiger partial charge >= 0.3 is 11.9 Å². The summed E-state index contributed by atoms with van der Waals surface area (Å²) in [7, 11) is 0. The van der Waals surface area contributed by atoms with Gasteiger partial charge in [-0.05, 0) is 30.3 Å². The van der Waals surface area contributed by atoms with Crippen LogP contribution in [0.25, 0.3) is 0 Å². The Balaban J connectivity index is 2.39. The zero-order chi connectivity index (χ0) is 15.4. The average molecular weight is 291 g/mol. The van der Waals surface area contributed by atoms with E-state index in [1.54, 1.807) is 0 Å². The lowest BCUT2D eigenvalue weighted by Crippen LogP contribution is -2.11. The normalized spacial score (nSPS) is 10.0. The van der Waals surface area contributed by atoms with Gasteiger partial charge in [0.05, 0.1) is 5.56 Å². The van der Waals surface area contributed by atoms with Gasteiger partial charge in [-0.15, -0.1) is 0 Å². The van der Waals surface area contributed by atoms with Crippen molar-refractivity contribution in [3.63, 3.8) is 0 Å². The highest BCUT2D eigenvalue weighted by Gasteiger charge is 2.16. The molecular weight excluding hydrogens is 281 g/mol. The molecule has 2 aromatic rings. The van der Waals surface area contributed by atoms with Crippen LogP contribution in [0.3, 0.4) is 0 Å². The molecule has 0 fully saturated rings. The minimum atomic E-state index is -1.31. The van der Waals surface area contributed by atoms with Crippen LogP contribution in [-0.4, -0.2) is 17.0 Å². The monoisotopic (exact) mass is 291 g/mol. The van der Waals surface area contributed by atoms with Crippen LogP contribution in [-0.2, 0) is 4.84 Å². The quantitative estimate of drug-likeness (QED) is 0.839. The van der Waals surface area contributed by atoms with Crippen LogP contribution in [0.2, 0.25) is 0 Å². The summed E-state index contributed by atoms with van der Waals surface area (Å²) in [4.78, 5) is 26.5. The molecule has 2 aromatic carbocycles. The van der Waals surface area contributed by atoms with Crippen molar-refractivity contribution in [2.45, 2.75) is 0 Å². The first-order valence-corrected chi connectivity index (χ1v) is 5.73. The van der Waals surface area contributed by atoms with Crippen LogP contribution in [0, 0.1) is 5.82 Å². The van der Waals surface area contributed by atoms with Crippen molar-refractivity contribution >= 4 is 11.9 Å². The fraction of sp³-hybridized carbons (Fsp3) is 0. The smallest absolute Gasteiger partial charge is 0.356 e. The van der Waals surface area contributed by atoms with Crippen molar-refractivity contribution in [1.82, 2.24) is 0 Å². The van der Waals surface area contributed by atoms with Gasteiger partial charge in [0.15, 0.2) is 0 Å². The number of carboxylic acids is 1. The predicted molar refractivity (Wildman–Crippen MR) is 69.5 cm³/mol. The third-order valence-corrected chi connectivity index (χ3v) is 2.58. The van der Waals surface area contributed by atoms with Gasteiger partial charge in [-0.2, -0.15) is 5.90 Å². The number of ether oxygens (including phenoxy) is 1. The number of carboxylic acid groups (broad SMARTS) is 1. The van der Waals surface area contributed by atoms with E-state index < -0.39 is 17.8 Å². The minimum Gasteiger partial charge on any atom is -0.478 e. The lowest BCUT2D eigenvalue weighted by molar-refractivity contribution is 0.0503. The Morgan fingerprint density at radius 1 is 1.14 bits per heavy atom. The Hall–Kier alpha value is -2.93. The molecule has 7 heteroatoms. The summed E-state index contributed by atoms with van der Waals surface area (Å²) < 4.78 is 18.4. The zero-order valence-electron chi connectivity index (χ0n) is 10.6. The first-order valence-electron chi connectivity index (χ1n) is 5.73. The van der Waals surface area contributed by atoms with Crippen molar-refractivity contribution in [1.29, 1.82) is 0 Å². The number of carbonyl (C=O) groups excluding carboxylic acids is 1. The van der Waals surface area contributed by atoms with E-state index in [4.69, 9.17) is 15.7 Å². The lowest BCUT2D eigenvalue weighted by atomic mass is 10.1. The van der Waals surface area contributed by atoms with E-state index in [0.717, 1.165) is 12.1 Å². The summed E-state index contributed by atoms with van der Waals surface area (Å²) in [6.07, 6.45) is 0. The minimum absolute atomic E-state index is 0.0401. The molecule has 0 saturated carbocycles. The summed E-state index contributed by atoms with van der Waals surface area (Å²) in [5.74, 6) is 2.12. The van der Waals surface area contributed by atoms with Crippen LogP contribution in [0.5, 0.6) is 11.5 Å². The molecule has 21 heavy (non-hydrogen) atoms. The van der Waals surface area contributed by atoms with Crippen molar-refractivity contribution < 1.29 is 28.7 Å². The highest BCUT2D eigenvalue weighted by atomic mass is 19.1. The molecule has 0 saturated heterocycles. The van der Waals surface area contributed by atoms with Gasteiger partial charge in [-0.25, -0.2) is 14.0 Å². The molecule has 0 amide bonds. The summed E-state index contributed by atoms with van der Waals surface area (Å²) >= 11 is 0. The second-order valence-electron chi connectivity index (χ2n) is 3.98. The molecule has 0 spiro atoms. The van der Waals surface area contributed by atoms with Crippen molar-refractivity contribution in [3.8, 4) is 11.5 Å². The summed E-state index contributed by atoms with van der Waals surface area (Å²) in [5.41, 5.74) is -0.316. The highest BCUT2D eigenvalue weighted by molar-refractivity contribution is 5.96. The maximum Gasteiger partial charge on any atom is 0.356 e. The topological polar surface area (TPSA) is 98.9 Å². The van der Waals surface area contributed by atoms with Crippen molar-refractivity contribution in [2.24, 2.45) is 5.90 Å². The fourth-order valence-corrected chi connectivity index (χ4v) is 1.64. The van der Waals surface area contributed by atoms with Gasteiger partial charge in [0, 0.05) is 6.07 Å². The molecule has 0 aromatic heterocycles. The van der Waals surface area contributed by atoms with E-state index >= 15 is 0 Å². The Labute approximate surface area is 118 Å². The molecule has 0 unspecified atom stereocenters. The van der Waals surface area contributed by atoms with E-state index in [1.807, 2.05) is 0 Å². The van der Waals surface area contributed by atoms with E-state index in [2.05, 4.69) is 4.84 Å². The molecule has 108 valence electrons. The van der Waals surface area contributed by atoms with Crippen LogP contribution >= 0.6 is 0 Å². The Kier molecular flexibility index (Phi) is 4.15. The van der Waals surface area contributed by atoms with Gasteiger partial charge < -0.3 is 14.7 Å². The summed E-state index contributed by atoms with van der Waals surface area (Å²) in [6.45, 7) is 0. The van der Waals surface area contributed by atoms with E-state index in [9.17, 15) is 14.0 Å².